The maximum absolute atomic E-state index is 12.9. The Morgan fingerprint density at radius 1 is 1.26 bits per heavy atom. The van der Waals surface area contributed by atoms with Crippen molar-refractivity contribution in [3.05, 3.63) is 63.7 Å². The monoisotopic (exact) mass is 389 g/mol. The van der Waals surface area contributed by atoms with Crippen LogP contribution in [0.15, 0.2) is 42.5 Å². The first-order chi connectivity index (χ1) is 12.8. The van der Waals surface area contributed by atoms with Crippen LogP contribution in [-0.2, 0) is 16.4 Å². The van der Waals surface area contributed by atoms with Gasteiger partial charge in [-0.05, 0) is 36.6 Å². The smallest absolute Gasteiger partial charge is 0.271 e. The fourth-order valence-corrected chi connectivity index (χ4v) is 4.19. The zero-order chi connectivity index (χ0) is 19.6. The standard InChI is InChI=1S/C18H19N3O5S/c1-2-10-27(25,26)19-15-5-3-4-14(11-15)18(22)20-9-8-13-6-7-16(21(23)24)12-17(13)20/h3-7,11-12,19H,2,8-10H2,1H3. The first kappa shape index (κ1) is 18.8. The first-order valence-electron chi connectivity index (χ1n) is 8.50. The Kier molecular flexibility index (Phi) is 5.13. The van der Waals surface area contributed by atoms with Gasteiger partial charge in [-0.25, -0.2) is 8.42 Å². The summed E-state index contributed by atoms with van der Waals surface area (Å²) >= 11 is 0. The van der Waals surface area contributed by atoms with Crippen molar-refractivity contribution in [2.24, 2.45) is 0 Å². The van der Waals surface area contributed by atoms with Gasteiger partial charge in [-0.15, -0.1) is 0 Å². The Labute approximate surface area is 157 Å². The molecular weight excluding hydrogens is 370 g/mol. The maximum Gasteiger partial charge on any atom is 0.271 e. The number of hydrogen-bond acceptors (Lipinski definition) is 5. The number of carbonyl (C=O) groups is 1. The van der Waals surface area contributed by atoms with E-state index in [4.69, 9.17) is 0 Å². The Morgan fingerprint density at radius 3 is 2.74 bits per heavy atom. The average Bonchev–Trinajstić information content (AvgIpc) is 3.03. The summed E-state index contributed by atoms with van der Waals surface area (Å²) in [4.78, 5) is 24.9. The lowest BCUT2D eigenvalue weighted by Crippen LogP contribution is -2.29. The molecule has 0 fully saturated rings. The Bertz CT molecular complexity index is 1000. The van der Waals surface area contributed by atoms with E-state index in [1.165, 1.54) is 23.1 Å². The third kappa shape index (κ3) is 4.08. The van der Waals surface area contributed by atoms with Gasteiger partial charge in [0.05, 0.1) is 16.4 Å². The van der Waals surface area contributed by atoms with Crippen LogP contribution < -0.4 is 9.62 Å². The second-order valence-electron chi connectivity index (χ2n) is 6.28. The fraction of sp³-hybridized carbons (Fsp3) is 0.278. The maximum atomic E-state index is 12.9. The van der Waals surface area contributed by atoms with Gasteiger partial charge in [-0.2, -0.15) is 0 Å². The molecule has 1 aliphatic heterocycles. The third-order valence-electron chi connectivity index (χ3n) is 4.28. The van der Waals surface area contributed by atoms with E-state index in [-0.39, 0.29) is 17.3 Å². The van der Waals surface area contributed by atoms with Crippen LogP contribution in [0.4, 0.5) is 17.1 Å². The van der Waals surface area contributed by atoms with E-state index in [2.05, 4.69) is 4.72 Å². The molecule has 1 N–H and O–H groups in total. The van der Waals surface area contributed by atoms with Gasteiger partial charge in [0.25, 0.3) is 11.6 Å². The highest BCUT2D eigenvalue weighted by molar-refractivity contribution is 7.92. The molecule has 0 radical (unpaired) electrons. The molecule has 2 aromatic rings. The topological polar surface area (TPSA) is 110 Å². The van der Waals surface area contributed by atoms with Crippen molar-refractivity contribution in [2.45, 2.75) is 19.8 Å². The van der Waals surface area contributed by atoms with E-state index in [1.807, 2.05) is 0 Å². The van der Waals surface area contributed by atoms with E-state index in [1.54, 1.807) is 31.2 Å². The molecule has 0 bridgehead atoms. The molecule has 2 aromatic carbocycles. The van der Waals surface area contributed by atoms with Crippen LogP contribution in [0.3, 0.4) is 0 Å². The molecule has 3 rings (SSSR count). The number of rotatable bonds is 6. The summed E-state index contributed by atoms with van der Waals surface area (Å²) < 4.78 is 26.3. The van der Waals surface area contributed by atoms with Crippen LogP contribution in [0.5, 0.6) is 0 Å². The van der Waals surface area contributed by atoms with Crippen molar-refractivity contribution in [1.29, 1.82) is 0 Å². The summed E-state index contributed by atoms with van der Waals surface area (Å²) in [6.07, 6.45) is 1.10. The van der Waals surface area contributed by atoms with E-state index < -0.39 is 14.9 Å². The van der Waals surface area contributed by atoms with E-state index in [0.29, 0.717) is 36.3 Å². The lowest BCUT2D eigenvalue weighted by molar-refractivity contribution is -0.384. The summed E-state index contributed by atoms with van der Waals surface area (Å²) in [5, 5.41) is 11.0. The number of hydrogen-bond donors (Lipinski definition) is 1. The highest BCUT2D eigenvalue weighted by Crippen LogP contribution is 2.33. The first-order valence-corrected chi connectivity index (χ1v) is 10.2. The number of amides is 1. The predicted octanol–water partition coefficient (Wildman–Crippen LogP) is 2.95. The average molecular weight is 389 g/mol. The molecule has 8 nitrogen and oxygen atoms in total. The molecule has 1 aliphatic rings. The molecule has 142 valence electrons. The third-order valence-corrected chi connectivity index (χ3v) is 5.77. The van der Waals surface area contributed by atoms with Crippen LogP contribution in [0.1, 0.15) is 29.3 Å². The molecule has 0 unspecified atom stereocenters. The predicted molar refractivity (Wildman–Crippen MR) is 103 cm³/mol. The van der Waals surface area contributed by atoms with Gasteiger partial charge in [0, 0.05) is 29.9 Å². The second-order valence-corrected chi connectivity index (χ2v) is 8.12. The van der Waals surface area contributed by atoms with Crippen LogP contribution in [-0.4, -0.2) is 31.5 Å². The molecule has 0 aromatic heterocycles. The summed E-state index contributed by atoms with van der Waals surface area (Å²) in [5.41, 5.74) is 1.94. The molecule has 27 heavy (non-hydrogen) atoms. The highest BCUT2D eigenvalue weighted by Gasteiger charge is 2.27. The fourth-order valence-electron chi connectivity index (χ4n) is 3.06. The molecule has 0 aliphatic carbocycles. The van der Waals surface area contributed by atoms with Crippen LogP contribution in [0, 0.1) is 10.1 Å². The minimum absolute atomic E-state index is 0.00561. The van der Waals surface area contributed by atoms with E-state index >= 15 is 0 Å². The highest BCUT2D eigenvalue weighted by atomic mass is 32.2. The summed E-state index contributed by atoms with van der Waals surface area (Å²) in [6.45, 7) is 2.18. The van der Waals surface area contributed by atoms with Gasteiger partial charge in [0.2, 0.25) is 10.0 Å². The SMILES string of the molecule is CCCS(=O)(=O)Nc1cccc(C(=O)N2CCc3ccc([N+](=O)[O-])cc32)c1. The normalized spacial score (nSPS) is 13.3. The lowest BCUT2D eigenvalue weighted by atomic mass is 10.1. The van der Waals surface area contributed by atoms with Crippen molar-refractivity contribution in [3.63, 3.8) is 0 Å². The van der Waals surface area contributed by atoms with Crippen LogP contribution in [0.25, 0.3) is 0 Å². The number of anilines is 2. The molecule has 0 saturated carbocycles. The van der Waals surface area contributed by atoms with Gasteiger partial charge in [-0.1, -0.05) is 19.1 Å². The second kappa shape index (κ2) is 7.36. The number of non-ortho nitro benzene ring substituents is 1. The number of benzene rings is 2. The molecule has 0 saturated heterocycles. The summed E-state index contributed by atoms with van der Waals surface area (Å²) in [5.74, 6) is -0.334. The van der Waals surface area contributed by atoms with Gasteiger partial charge in [0.1, 0.15) is 0 Å². The van der Waals surface area contributed by atoms with Gasteiger partial charge < -0.3 is 4.90 Å². The number of carbonyl (C=O) groups excluding carboxylic acids is 1. The van der Waals surface area contributed by atoms with Gasteiger partial charge >= 0.3 is 0 Å². The van der Waals surface area contributed by atoms with Crippen LogP contribution >= 0.6 is 0 Å². The number of nitrogens with one attached hydrogen (secondary N) is 1. The molecule has 0 atom stereocenters. The number of fused-ring (bicyclic) bond motifs is 1. The number of sulfonamides is 1. The molecule has 9 heteroatoms. The quantitative estimate of drug-likeness (QED) is 0.603. The zero-order valence-electron chi connectivity index (χ0n) is 14.7. The number of nitro groups is 1. The van der Waals surface area contributed by atoms with Crippen molar-refractivity contribution < 1.29 is 18.1 Å². The largest absolute Gasteiger partial charge is 0.307 e. The molecule has 1 amide bonds. The molecule has 1 heterocycles. The molecular formula is C18H19N3O5S. The minimum atomic E-state index is -3.46. The van der Waals surface area contributed by atoms with Crippen molar-refractivity contribution >= 4 is 33.0 Å². The lowest BCUT2D eigenvalue weighted by Gasteiger charge is -2.18. The zero-order valence-corrected chi connectivity index (χ0v) is 15.5. The summed E-state index contributed by atoms with van der Waals surface area (Å²) in [6, 6.07) is 10.7. The molecule has 0 spiro atoms. The number of nitro benzene ring substituents is 1. The van der Waals surface area contributed by atoms with Crippen molar-refractivity contribution in [1.82, 2.24) is 0 Å². The van der Waals surface area contributed by atoms with E-state index in [9.17, 15) is 23.3 Å². The Balaban J connectivity index is 1.87. The number of nitrogens with zero attached hydrogens (tertiary/aromatic N) is 2. The van der Waals surface area contributed by atoms with E-state index in [0.717, 1.165) is 5.56 Å². The minimum Gasteiger partial charge on any atom is -0.307 e. The van der Waals surface area contributed by atoms with Crippen molar-refractivity contribution in [3.8, 4) is 0 Å². The van der Waals surface area contributed by atoms with Gasteiger partial charge in [0.15, 0.2) is 0 Å². The Hall–Kier alpha value is -2.94. The van der Waals surface area contributed by atoms with Crippen LogP contribution in [0.2, 0.25) is 0 Å². The van der Waals surface area contributed by atoms with Crippen molar-refractivity contribution in [2.75, 3.05) is 21.9 Å². The summed E-state index contributed by atoms with van der Waals surface area (Å²) in [7, 11) is -3.46. The Morgan fingerprint density at radius 2 is 2.04 bits per heavy atom. The van der Waals surface area contributed by atoms with Gasteiger partial charge in [-0.3, -0.25) is 19.6 Å².